The zero-order chi connectivity index (χ0) is 18.7. The van der Waals surface area contributed by atoms with Crippen LogP contribution in [0.1, 0.15) is 38.1 Å². The molecule has 0 N–H and O–H groups in total. The minimum Gasteiger partial charge on any atom is -0.497 e. The number of rotatable bonds is 5. The molecule has 1 fully saturated rings. The summed E-state index contributed by atoms with van der Waals surface area (Å²) in [6, 6.07) is 7.83. The normalized spacial score (nSPS) is 18.0. The van der Waals surface area contributed by atoms with Crippen LogP contribution in [0.3, 0.4) is 0 Å². The molecule has 1 atom stereocenters. The number of benzene rings is 1. The minimum atomic E-state index is -0.544. The van der Waals surface area contributed by atoms with Crippen molar-refractivity contribution in [2.24, 2.45) is 13.0 Å². The molecule has 1 unspecified atom stereocenters. The first-order valence-corrected chi connectivity index (χ1v) is 9.32. The number of likely N-dealkylation sites (tertiary alicyclic amines) is 1. The molecular formula is C21H29N3O2. The van der Waals surface area contributed by atoms with E-state index in [1.807, 2.05) is 62.5 Å². The number of amides is 1. The van der Waals surface area contributed by atoms with Crippen molar-refractivity contribution < 1.29 is 9.53 Å². The van der Waals surface area contributed by atoms with Gasteiger partial charge in [-0.05, 0) is 50.3 Å². The number of aromatic nitrogens is 2. The van der Waals surface area contributed by atoms with E-state index >= 15 is 0 Å². The third kappa shape index (κ3) is 3.76. The van der Waals surface area contributed by atoms with E-state index in [-0.39, 0.29) is 5.91 Å². The molecule has 0 radical (unpaired) electrons. The molecule has 1 aromatic heterocycles. The zero-order valence-corrected chi connectivity index (χ0v) is 16.2. The molecule has 0 bridgehead atoms. The molecule has 0 spiro atoms. The number of carbonyl (C=O) groups excluding carboxylic acids is 1. The monoisotopic (exact) mass is 355 g/mol. The summed E-state index contributed by atoms with van der Waals surface area (Å²) in [6.45, 7) is 5.68. The molecule has 1 aromatic carbocycles. The van der Waals surface area contributed by atoms with E-state index in [9.17, 15) is 4.79 Å². The maximum Gasteiger partial charge on any atom is 0.232 e. The summed E-state index contributed by atoms with van der Waals surface area (Å²) in [6.07, 6.45) is 6.96. The second-order valence-electron chi connectivity index (χ2n) is 7.77. The number of aryl methyl sites for hydroxylation is 1. The number of imidazole rings is 1. The van der Waals surface area contributed by atoms with Gasteiger partial charge in [0.15, 0.2) is 0 Å². The van der Waals surface area contributed by atoms with E-state index in [0.29, 0.717) is 5.92 Å². The molecule has 1 aliphatic heterocycles. The van der Waals surface area contributed by atoms with Crippen molar-refractivity contribution in [2.45, 2.75) is 38.5 Å². The third-order valence-electron chi connectivity index (χ3n) is 5.54. The lowest BCUT2D eigenvalue weighted by molar-refractivity contribution is -0.138. The second-order valence-corrected chi connectivity index (χ2v) is 7.77. The van der Waals surface area contributed by atoms with Gasteiger partial charge < -0.3 is 14.2 Å². The summed E-state index contributed by atoms with van der Waals surface area (Å²) in [5.41, 5.74) is 0.478. The molecule has 2 heterocycles. The van der Waals surface area contributed by atoms with Crippen LogP contribution in [0.2, 0.25) is 0 Å². The molecule has 5 heteroatoms. The molecular weight excluding hydrogens is 326 g/mol. The van der Waals surface area contributed by atoms with Crippen molar-refractivity contribution >= 4 is 5.91 Å². The lowest BCUT2D eigenvalue weighted by Crippen LogP contribution is -2.48. The number of piperidine rings is 1. The van der Waals surface area contributed by atoms with Crippen molar-refractivity contribution in [3.63, 3.8) is 0 Å². The summed E-state index contributed by atoms with van der Waals surface area (Å²) in [4.78, 5) is 19.7. The molecule has 0 saturated carbocycles. The lowest BCUT2D eigenvalue weighted by Gasteiger charge is -2.38. The van der Waals surface area contributed by atoms with Crippen molar-refractivity contribution in [3.05, 3.63) is 48.0 Å². The molecule has 26 heavy (non-hydrogen) atoms. The fraction of sp³-hybridized carbons (Fsp3) is 0.524. The Morgan fingerprint density at radius 1 is 1.31 bits per heavy atom. The van der Waals surface area contributed by atoms with Gasteiger partial charge in [0.25, 0.3) is 0 Å². The lowest BCUT2D eigenvalue weighted by atomic mass is 9.82. The highest BCUT2D eigenvalue weighted by molar-refractivity contribution is 5.87. The quantitative estimate of drug-likeness (QED) is 0.827. The number of carbonyl (C=O) groups is 1. The van der Waals surface area contributed by atoms with E-state index in [4.69, 9.17) is 4.74 Å². The van der Waals surface area contributed by atoms with Crippen LogP contribution in [0.4, 0.5) is 0 Å². The zero-order valence-electron chi connectivity index (χ0n) is 16.2. The fourth-order valence-electron chi connectivity index (χ4n) is 3.79. The predicted molar refractivity (Wildman–Crippen MR) is 102 cm³/mol. The first-order chi connectivity index (χ1) is 12.4. The molecule has 3 rings (SSSR count). The minimum absolute atomic E-state index is 0.201. The van der Waals surface area contributed by atoms with E-state index in [1.165, 1.54) is 0 Å². The van der Waals surface area contributed by atoms with Gasteiger partial charge >= 0.3 is 0 Å². The highest BCUT2D eigenvalue weighted by Gasteiger charge is 2.36. The summed E-state index contributed by atoms with van der Waals surface area (Å²) < 4.78 is 7.30. The van der Waals surface area contributed by atoms with Gasteiger partial charge in [-0.2, -0.15) is 0 Å². The van der Waals surface area contributed by atoms with E-state index in [1.54, 1.807) is 7.11 Å². The Bertz CT molecular complexity index is 749. The molecule has 1 saturated heterocycles. The van der Waals surface area contributed by atoms with Gasteiger partial charge in [-0.3, -0.25) is 4.79 Å². The fourth-order valence-corrected chi connectivity index (χ4v) is 3.79. The molecule has 140 valence electrons. The number of hydrogen-bond acceptors (Lipinski definition) is 3. The maximum atomic E-state index is 13.3. The van der Waals surface area contributed by atoms with Gasteiger partial charge in [-0.25, -0.2) is 4.98 Å². The molecule has 2 aromatic rings. The number of nitrogens with zero attached hydrogens (tertiary/aromatic N) is 3. The number of methoxy groups -OCH3 is 1. The maximum absolute atomic E-state index is 13.3. The first-order valence-electron chi connectivity index (χ1n) is 9.32. The standard InChI is InChI=1S/C21H29N3O2/c1-21(2,17-7-9-18(26-4)10-8-17)20(25)24-12-5-6-16(15-24)14-19-22-11-13-23(19)3/h7-11,13,16H,5-6,12,14-15H2,1-4H3. The van der Waals surface area contributed by atoms with Gasteiger partial charge in [0, 0.05) is 39.0 Å². The Balaban J connectivity index is 1.70. The summed E-state index contributed by atoms with van der Waals surface area (Å²) >= 11 is 0. The number of hydrogen-bond donors (Lipinski definition) is 0. The van der Waals surface area contributed by atoms with Crippen LogP contribution in [0.5, 0.6) is 5.75 Å². The number of ether oxygens (including phenoxy) is 1. The van der Waals surface area contributed by atoms with Gasteiger partial charge in [0.1, 0.15) is 11.6 Å². The molecule has 5 nitrogen and oxygen atoms in total. The van der Waals surface area contributed by atoms with E-state index < -0.39 is 5.41 Å². The average molecular weight is 355 g/mol. The Morgan fingerprint density at radius 2 is 2.04 bits per heavy atom. The van der Waals surface area contributed by atoms with Gasteiger partial charge in [0.2, 0.25) is 5.91 Å². The van der Waals surface area contributed by atoms with Crippen molar-refractivity contribution in [1.82, 2.24) is 14.5 Å². The summed E-state index contributed by atoms with van der Waals surface area (Å²) in [5.74, 6) is 2.58. The highest BCUT2D eigenvalue weighted by atomic mass is 16.5. The Kier molecular flexibility index (Phi) is 5.35. The van der Waals surface area contributed by atoms with Crippen molar-refractivity contribution in [1.29, 1.82) is 0 Å². The predicted octanol–water partition coefficient (Wildman–Crippen LogP) is 3.19. The van der Waals surface area contributed by atoms with Gasteiger partial charge in [-0.1, -0.05) is 12.1 Å². The van der Waals surface area contributed by atoms with E-state index in [2.05, 4.69) is 9.55 Å². The van der Waals surface area contributed by atoms with Crippen LogP contribution in [-0.4, -0.2) is 40.6 Å². The van der Waals surface area contributed by atoms with Gasteiger partial charge in [-0.15, -0.1) is 0 Å². The third-order valence-corrected chi connectivity index (χ3v) is 5.54. The molecule has 1 amide bonds. The SMILES string of the molecule is COc1ccc(C(C)(C)C(=O)N2CCCC(Cc3nccn3C)C2)cc1. The highest BCUT2D eigenvalue weighted by Crippen LogP contribution is 2.30. The van der Waals surface area contributed by atoms with Crippen LogP contribution in [-0.2, 0) is 23.7 Å². The summed E-state index contributed by atoms with van der Waals surface area (Å²) in [7, 11) is 3.68. The van der Waals surface area contributed by atoms with Crippen molar-refractivity contribution in [3.8, 4) is 5.75 Å². The largest absolute Gasteiger partial charge is 0.497 e. The van der Waals surface area contributed by atoms with Crippen LogP contribution >= 0.6 is 0 Å². The average Bonchev–Trinajstić information content (AvgIpc) is 3.06. The van der Waals surface area contributed by atoms with Crippen LogP contribution in [0, 0.1) is 5.92 Å². The topological polar surface area (TPSA) is 47.4 Å². The Morgan fingerprint density at radius 3 is 2.65 bits per heavy atom. The molecule has 1 aliphatic rings. The van der Waals surface area contributed by atoms with Gasteiger partial charge in [0.05, 0.1) is 12.5 Å². The van der Waals surface area contributed by atoms with Crippen molar-refractivity contribution in [2.75, 3.05) is 20.2 Å². The van der Waals surface area contributed by atoms with Crippen LogP contribution < -0.4 is 4.74 Å². The Labute approximate surface area is 156 Å². The van der Waals surface area contributed by atoms with E-state index in [0.717, 1.165) is 49.5 Å². The summed E-state index contributed by atoms with van der Waals surface area (Å²) in [5, 5.41) is 0. The first kappa shape index (κ1) is 18.5. The second kappa shape index (κ2) is 7.52. The smallest absolute Gasteiger partial charge is 0.232 e. The molecule has 0 aliphatic carbocycles. The van der Waals surface area contributed by atoms with Crippen LogP contribution in [0.15, 0.2) is 36.7 Å². The Hall–Kier alpha value is -2.30. The van der Waals surface area contributed by atoms with Crippen LogP contribution in [0.25, 0.3) is 0 Å².